The van der Waals surface area contributed by atoms with Crippen LogP contribution >= 0.6 is 23.2 Å². The van der Waals surface area contributed by atoms with Crippen molar-refractivity contribution in [2.45, 2.75) is 18.9 Å². The quantitative estimate of drug-likeness (QED) is 0.616. The van der Waals surface area contributed by atoms with E-state index in [0.717, 1.165) is 6.42 Å². The smallest absolute Gasteiger partial charge is 0.0401 e. The molecule has 0 rings (SSSR count). The van der Waals surface area contributed by atoms with Gasteiger partial charge in [-0.2, -0.15) is 0 Å². The van der Waals surface area contributed by atoms with E-state index >= 15 is 0 Å². The largest absolute Gasteiger partial charge is 0.324 e. The Morgan fingerprint density at radius 2 is 2.00 bits per heavy atom. The molecule has 0 fully saturated rings. The summed E-state index contributed by atoms with van der Waals surface area (Å²) in [7, 11) is 0. The molecule has 0 bridgehead atoms. The van der Waals surface area contributed by atoms with Crippen molar-refractivity contribution in [2.75, 3.05) is 11.8 Å². The van der Waals surface area contributed by atoms with Crippen molar-refractivity contribution in [3.8, 4) is 0 Å². The Hall–Kier alpha value is 0.540. The summed E-state index contributed by atoms with van der Waals surface area (Å²) in [6.07, 6.45) is 0.776. The molecular weight excluding hydrogens is 145 g/mol. The third kappa shape index (κ3) is 3.53. The van der Waals surface area contributed by atoms with Crippen molar-refractivity contribution in [2.24, 2.45) is 5.73 Å². The lowest BCUT2D eigenvalue weighted by Crippen LogP contribution is -2.38. The summed E-state index contributed by atoms with van der Waals surface area (Å²) in [6.45, 7) is 1.89. The molecule has 0 spiro atoms. The molecule has 0 saturated carbocycles. The number of nitrogens with two attached hydrogens (primary N) is 1. The highest BCUT2D eigenvalue weighted by Crippen LogP contribution is 2.07. The van der Waals surface area contributed by atoms with Gasteiger partial charge in [-0.25, -0.2) is 0 Å². The van der Waals surface area contributed by atoms with E-state index in [1.807, 2.05) is 6.92 Å². The fraction of sp³-hybridized carbons (Fsp3) is 1.00. The van der Waals surface area contributed by atoms with Gasteiger partial charge in [-0.05, 0) is 13.3 Å². The van der Waals surface area contributed by atoms with Crippen LogP contribution in [-0.4, -0.2) is 17.3 Å². The van der Waals surface area contributed by atoms with E-state index in [1.54, 1.807) is 0 Å². The molecule has 1 unspecified atom stereocenters. The Balaban J connectivity index is 3.37. The SMILES string of the molecule is CC(N)(CCl)CCCl. The van der Waals surface area contributed by atoms with Gasteiger partial charge in [-0.3, -0.25) is 0 Å². The minimum Gasteiger partial charge on any atom is -0.324 e. The zero-order valence-electron chi connectivity index (χ0n) is 4.95. The van der Waals surface area contributed by atoms with Crippen LogP contribution in [0.15, 0.2) is 0 Å². The van der Waals surface area contributed by atoms with Gasteiger partial charge in [0.25, 0.3) is 0 Å². The number of hydrogen-bond acceptors (Lipinski definition) is 1. The summed E-state index contributed by atoms with van der Waals surface area (Å²) in [6, 6.07) is 0. The molecule has 0 aromatic rings. The molecule has 0 saturated heterocycles. The molecule has 3 heteroatoms. The Morgan fingerprint density at radius 1 is 1.50 bits per heavy atom. The Kier molecular flexibility index (Phi) is 3.78. The second-order valence-corrected chi connectivity index (χ2v) is 2.87. The van der Waals surface area contributed by atoms with E-state index in [2.05, 4.69) is 0 Å². The van der Waals surface area contributed by atoms with Crippen LogP contribution in [0.3, 0.4) is 0 Å². The van der Waals surface area contributed by atoms with Crippen LogP contribution < -0.4 is 5.73 Å². The lowest BCUT2D eigenvalue weighted by molar-refractivity contribution is 0.511. The number of hydrogen-bond donors (Lipinski definition) is 1. The first kappa shape index (κ1) is 8.54. The third-order valence-electron chi connectivity index (χ3n) is 0.971. The molecule has 0 heterocycles. The van der Waals surface area contributed by atoms with Gasteiger partial charge in [0, 0.05) is 17.3 Å². The van der Waals surface area contributed by atoms with Gasteiger partial charge in [0.1, 0.15) is 0 Å². The summed E-state index contributed by atoms with van der Waals surface area (Å²) in [4.78, 5) is 0. The van der Waals surface area contributed by atoms with Crippen LogP contribution in [0.1, 0.15) is 13.3 Å². The minimum atomic E-state index is -0.274. The van der Waals surface area contributed by atoms with Crippen LogP contribution in [0.25, 0.3) is 0 Å². The molecule has 0 aliphatic carbocycles. The number of rotatable bonds is 3. The lowest BCUT2D eigenvalue weighted by atomic mass is 10.0. The second-order valence-electron chi connectivity index (χ2n) is 2.23. The molecule has 2 N–H and O–H groups in total. The minimum absolute atomic E-state index is 0.274. The molecule has 1 atom stereocenters. The monoisotopic (exact) mass is 155 g/mol. The highest BCUT2D eigenvalue weighted by atomic mass is 35.5. The molecule has 0 aliphatic heterocycles. The molecule has 1 nitrogen and oxygen atoms in total. The van der Waals surface area contributed by atoms with Crippen molar-refractivity contribution in [1.82, 2.24) is 0 Å². The van der Waals surface area contributed by atoms with Gasteiger partial charge in [-0.1, -0.05) is 0 Å². The predicted octanol–water partition coefficient (Wildman–Crippen LogP) is 1.57. The fourth-order valence-electron chi connectivity index (χ4n) is 0.283. The average molecular weight is 156 g/mol. The molecule has 0 aliphatic rings. The molecular formula is C5H11Cl2N. The third-order valence-corrected chi connectivity index (χ3v) is 1.77. The summed E-state index contributed by atoms with van der Waals surface area (Å²) < 4.78 is 0. The van der Waals surface area contributed by atoms with E-state index in [-0.39, 0.29) is 5.54 Å². The zero-order valence-corrected chi connectivity index (χ0v) is 6.47. The van der Waals surface area contributed by atoms with Crippen LogP contribution in [0.5, 0.6) is 0 Å². The summed E-state index contributed by atoms with van der Waals surface area (Å²) in [5.74, 6) is 1.06. The highest BCUT2D eigenvalue weighted by Gasteiger charge is 2.14. The van der Waals surface area contributed by atoms with Crippen molar-refractivity contribution < 1.29 is 0 Å². The highest BCUT2D eigenvalue weighted by molar-refractivity contribution is 6.19. The first-order valence-electron chi connectivity index (χ1n) is 2.53. The van der Waals surface area contributed by atoms with Crippen LogP contribution in [0.2, 0.25) is 0 Å². The zero-order chi connectivity index (χ0) is 6.62. The summed E-state index contributed by atoms with van der Waals surface area (Å²) in [5, 5.41) is 0. The van der Waals surface area contributed by atoms with Crippen LogP contribution in [0.4, 0.5) is 0 Å². The topological polar surface area (TPSA) is 26.0 Å². The molecule has 8 heavy (non-hydrogen) atoms. The Labute approximate surface area is 60.1 Å². The van der Waals surface area contributed by atoms with Crippen LogP contribution in [0, 0.1) is 0 Å². The maximum atomic E-state index is 5.61. The fourth-order valence-corrected chi connectivity index (χ4v) is 0.848. The maximum absolute atomic E-state index is 5.61. The lowest BCUT2D eigenvalue weighted by Gasteiger charge is -2.18. The maximum Gasteiger partial charge on any atom is 0.0401 e. The Bertz CT molecular complexity index is 63.4. The van der Waals surface area contributed by atoms with E-state index in [9.17, 15) is 0 Å². The summed E-state index contributed by atoms with van der Waals surface area (Å²) >= 11 is 10.9. The molecule has 0 radical (unpaired) electrons. The van der Waals surface area contributed by atoms with Crippen molar-refractivity contribution in [3.63, 3.8) is 0 Å². The van der Waals surface area contributed by atoms with Crippen LogP contribution in [-0.2, 0) is 0 Å². The molecule has 0 aromatic carbocycles. The van der Waals surface area contributed by atoms with Gasteiger partial charge in [0.2, 0.25) is 0 Å². The molecule has 0 aromatic heterocycles. The Morgan fingerprint density at radius 3 is 2.12 bits per heavy atom. The molecule has 50 valence electrons. The van der Waals surface area contributed by atoms with E-state index in [4.69, 9.17) is 28.9 Å². The first-order chi connectivity index (χ1) is 3.62. The van der Waals surface area contributed by atoms with Crippen molar-refractivity contribution in [1.29, 1.82) is 0 Å². The van der Waals surface area contributed by atoms with Gasteiger partial charge in [0.05, 0.1) is 0 Å². The summed E-state index contributed by atoms with van der Waals surface area (Å²) in [5.41, 5.74) is 5.34. The number of alkyl halides is 2. The predicted molar refractivity (Wildman–Crippen MR) is 38.6 cm³/mol. The van der Waals surface area contributed by atoms with Gasteiger partial charge in [0.15, 0.2) is 0 Å². The first-order valence-corrected chi connectivity index (χ1v) is 3.60. The van der Waals surface area contributed by atoms with Crippen molar-refractivity contribution in [3.05, 3.63) is 0 Å². The van der Waals surface area contributed by atoms with E-state index in [0.29, 0.717) is 11.8 Å². The van der Waals surface area contributed by atoms with Gasteiger partial charge >= 0.3 is 0 Å². The van der Waals surface area contributed by atoms with Gasteiger partial charge < -0.3 is 5.73 Å². The van der Waals surface area contributed by atoms with E-state index in [1.165, 1.54) is 0 Å². The molecule has 0 amide bonds. The van der Waals surface area contributed by atoms with Gasteiger partial charge in [-0.15, -0.1) is 23.2 Å². The van der Waals surface area contributed by atoms with E-state index < -0.39 is 0 Å². The average Bonchev–Trinajstić information content (AvgIpc) is 1.67. The second kappa shape index (κ2) is 3.54. The standard InChI is InChI=1S/C5H11Cl2N/c1-5(8,4-7)2-3-6/h2-4,8H2,1H3. The normalized spacial score (nSPS) is 18.0. The van der Waals surface area contributed by atoms with Crippen molar-refractivity contribution >= 4 is 23.2 Å². The number of halogens is 2.